The van der Waals surface area contributed by atoms with Crippen LogP contribution >= 0.6 is 0 Å². The summed E-state index contributed by atoms with van der Waals surface area (Å²) in [6, 6.07) is 24.8. The fourth-order valence-corrected chi connectivity index (χ4v) is 2.40. The van der Waals surface area contributed by atoms with Gasteiger partial charge in [-0.2, -0.15) is 5.26 Å². The number of benzene rings is 3. The van der Waals surface area contributed by atoms with E-state index in [1.165, 1.54) is 0 Å². The zero-order valence-electron chi connectivity index (χ0n) is 12.4. The Morgan fingerprint density at radius 2 is 1.61 bits per heavy atom. The zero-order valence-corrected chi connectivity index (χ0v) is 12.4. The Morgan fingerprint density at radius 1 is 0.913 bits per heavy atom. The summed E-state index contributed by atoms with van der Waals surface area (Å²) in [5.74, 6) is -0.411. The fraction of sp³-hybridized carbons (Fsp3) is 0. The molecule has 0 spiro atoms. The molecule has 0 heterocycles. The Kier molecular flexibility index (Phi) is 4.17. The number of amides is 1. The maximum absolute atomic E-state index is 12.3. The van der Waals surface area contributed by atoms with E-state index in [4.69, 9.17) is 0 Å². The van der Waals surface area contributed by atoms with Crippen molar-refractivity contribution >= 4 is 28.4 Å². The lowest BCUT2D eigenvalue weighted by atomic mass is 10.0. The van der Waals surface area contributed by atoms with Crippen LogP contribution in [0.1, 0.15) is 5.56 Å². The van der Waals surface area contributed by atoms with Crippen molar-refractivity contribution in [2.45, 2.75) is 0 Å². The Morgan fingerprint density at radius 3 is 2.39 bits per heavy atom. The molecule has 23 heavy (non-hydrogen) atoms. The summed E-state index contributed by atoms with van der Waals surface area (Å²) < 4.78 is 0. The van der Waals surface area contributed by atoms with Crippen molar-refractivity contribution in [3.05, 3.63) is 83.9 Å². The number of carbonyl (C=O) groups excluding carboxylic acids is 1. The van der Waals surface area contributed by atoms with E-state index in [0.717, 1.165) is 16.3 Å². The second kappa shape index (κ2) is 6.59. The SMILES string of the molecule is N#C/C(=C\c1cccc2ccccc12)C(=O)Nc1ccccc1. The molecule has 0 atom stereocenters. The number of fused-ring (bicyclic) bond motifs is 1. The normalized spacial score (nSPS) is 11.0. The highest BCUT2D eigenvalue weighted by Gasteiger charge is 2.10. The quantitative estimate of drug-likeness (QED) is 0.576. The molecule has 0 radical (unpaired) electrons. The van der Waals surface area contributed by atoms with Crippen molar-refractivity contribution in [2.24, 2.45) is 0 Å². The lowest BCUT2D eigenvalue weighted by Crippen LogP contribution is -2.13. The first-order chi connectivity index (χ1) is 11.3. The highest BCUT2D eigenvalue weighted by Crippen LogP contribution is 2.21. The second-order valence-electron chi connectivity index (χ2n) is 5.06. The van der Waals surface area contributed by atoms with Gasteiger partial charge in [0.2, 0.25) is 0 Å². The van der Waals surface area contributed by atoms with E-state index in [0.29, 0.717) is 5.69 Å². The standard InChI is InChI=1S/C20H14N2O/c21-14-17(20(23)22-18-10-2-1-3-11-18)13-16-9-6-8-15-7-4-5-12-19(15)16/h1-13H,(H,22,23)/b17-13+. The molecule has 0 aromatic heterocycles. The van der Waals surface area contributed by atoms with Gasteiger partial charge in [0.25, 0.3) is 5.91 Å². The number of para-hydroxylation sites is 1. The third-order valence-corrected chi connectivity index (χ3v) is 3.52. The first-order valence-corrected chi connectivity index (χ1v) is 7.24. The molecular formula is C20H14N2O. The van der Waals surface area contributed by atoms with Gasteiger partial charge in [0.15, 0.2) is 0 Å². The lowest BCUT2D eigenvalue weighted by Gasteiger charge is -2.05. The lowest BCUT2D eigenvalue weighted by molar-refractivity contribution is -0.112. The first-order valence-electron chi connectivity index (χ1n) is 7.24. The van der Waals surface area contributed by atoms with E-state index in [-0.39, 0.29) is 5.57 Å². The predicted octanol–water partition coefficient (Wildman–Crippen LogP) is 4.39. The van der Waals surface area contributed by atoms with Crippen LogP contribution in [0.2, 0.25) is 0 Å². The number of nitrogens with one attached hydrogen (secondary N) is 1. The smallest absolute Gasteiger partial charge is 0.266 e. The van der Waals surface area contributed by atoms with Gasteiger partial charge in [-0.05, 0) is 34.5 Å². The molecular weight excluding hydrogens is 284 g/mol. The van der Waals surface area contributed by atoms with Crippen LogP contribution < -0.4 is 5.32 Å². The van der Waals surface area contributed by atoms with Crippen molar-refractivity contribution in [3.8, 4) is 6.07 Å². The average molecular weight is 298 g/mol. The van der Waals surface area contributed by atoms with Crippen LogP contribution in [-0.4, -0.2) is 5.91 Å². The van der Waals surface area contributed by atoms with Crippen molar-refractivity contribution in [1.29, 1.82) is 5.26 Å². The van der Waals surface area contributed by atoms with Crippen molar-refractivity contribution in [2.75, 3.05) is 5.32 Å². The molecule has 110 valence electrons. The van der Waals surface area contributed by atoms with E-state index in [1.807, 2.05) is 66.7 Å². The van der Waals surface area contributed by atoms with Crippen molar-refractivity contribution < 1.29 is 4.79 Å². The Hall–Kier alpha value is -3.38. The minimum atomic E-state index is -0.411. The average Bonchev–Trinajstić information content (AvgIpc) is 2.60. The number of carbonyl (C=O) groups is 1. The summed E-state index contributed by atoms with van der Waals surface area (Å²) in [7, 11) is 0. The summed E-state index contributed by atoms with van der Waals surface area (Å²) in [6.07, 6.45) is 1.63. The van der Waals surface area contributed by atoms with Crippen molar-refractivity contribution in [3.63, 3.8) is 0 Å². The van der Waals surface area contributed by atoms with E-state index < -0.39 is 5.91 Å². The van der Waals surface area contributed by atoms with Gasteiger partial charge < -0.3 is 5.32 Å². The zero-order chi connectivity index (χ0) is 16.1. The third-order valence-electron chi connectivity index (χ3n) is 3.52. The Balaban J connectivity index is 1.95. The van der Waals surface area contributed by atoms with E-state index in [9.17, 15) is 10.1 Å². The molecule has 3 aromatic carbocycles. The van der Waals surface area contributed by atoms with E-state index in [2.05, 4.69) is 5.32 Å². The van der Waals surface area contributed by atoms with Gasteiger partial charge in [-0.15, -0.1) is 0 Å². The van der Waals surface area contributed by atoms with Crippen LogP contribution in [0.25, 0.3) is 16.8 Å². The molecule has 0 aliphatic heterocycles. The minimum Gasteiger partial charge on any atom is -0.321 e. The summed E-state index contributed by atoms with van der Waals surface area (Å²) in [6.45, 7) is 0. The number of hydrogen-bond acceptors (Lipinski definition) is 2. The van der Waals surface area contributed by atoms with Crippen LogP contribution in [0.15, 0.2) is 78.4 Å². The fourth-order valence-electron chi connectivity index (χ4n) is 2.40. The largest absolute Gasteiger partial charge is 0.321 e. The van der Waals surface area contributed by atoms with Gasteiger partial charge >= 0.3 is 0 Å². The molecule has 0 bridgehead atoms. The summed E-state index contributed by atoms with van der Waals surface area (Å²) >= 11 is 0. The highest BCUT2D eigenvalue weighted by molar-refractivity contribution is 6.10. The third kappa shape index (κ3) is 3.28. The number of hydrogen-bond donors (Lipinski definition) is 1. The molecule has 3 aromatic rings. The number of nitrogens with zero attached hydrogens (tertiary/aromatic N) is 1. The molecule has 0 unspecified atom stereocenters. The van der Waals surface area contributed by atoms with E-state index >= 15 is 0 Å². The molecule has 0 aliphatic rings. The summed E-state index contributed by atoms with van der Waals surface area (Å²) in [4.78, 5) is 12.3. The van der Waals surface area contributed by atoms with Gasteiger partial charge in [-0.3, -0.25) is 4.79 Å². The molecule has 3 nitrogen and oxygen atoms in total. The van der Waals surface area contributed by atoms with Crippen LogP contribution in [0.5, 0.6) is 0 Å². The molecule has 1 amide bonds. The number of anilines is 1. The molecule has 0 aliphatic carbocycles. The maximum Gasteiger partial charge on any atom is 0.266 e. The minimum absolute atomic E-state index is 0.0743. The van der Waals surface area contributed by atoms with Crippen LogP contribution in [0.4, 0.5) is 5.69 Å². The summed E-state index contributed by atoms with van der Waals surface area (Å²) in [5, 5.41) is 14.1. The van der Waals surface area contributed by atoms with Crippen molar-refractivity contribution in [1.82, 2.24) is 0 Å². The summed E-state index contributed by atoms with van der Waals surface area (Å²) in [5.41, 5.74) is 1.59. The van der Waals surface area contributed by atoms with E-state index in [1.54, 1.807) is 18.2 Å². The number of rotatable bonds is 3. The first kappa shape index (κ1) is 14.6. The Labute approximate surface area is 134 Å². The molecule has 0 saturated carbocycles. The van der Waals surface area contributed by atoms with Crippen LogP contribution in [0.3, 0.4) is 0 Å². The second-order valence-corrected chi connectivity index (χ2v) is 5.06. The molecule has 0 fully saturated rings. The monoisotopic (exact) mass is 298 g/mol. The molecule has 3 rings (SSSR count). The topological polar surface area (TPSA) is 52.9 Å². The molecule has 0 saturated heterocycles. The van der Waals surface area contributed by atoms with Gasteiger partial charge in [0.05, 0.1) is 0 Å². The molecule has 1 N–H and O–H groups in total. The van der Waals surface area contributed by atoms with Gasteiger partial charge in [0.1, 0.15) is 11.6 Å². The van der Waals surface area contributed by atoms with Gasteiger partial charge in [-0.25, -0.2) is 0 Å². The maximum atomic E-state index is 12.3. The van der Waals surface area contributed by atoms with Crippen LogP contribution in [-0.2, 0) is 4.79 Å². The Bertz CT molecular complexity index is 916. The highest BCUT2D eigenvalue weighted by atomic mass is 16.1. The number of nitriles is 1. The van der Waals surface area contributed by atoms with Crippen LogP contribution in [0, 0.1) is 11.3 Å². The van der Waals surface area contributed by atoms with Gasteiger partial charge in [0, 0.05) is 5.69 Å². The van der Waals surface area contributed by atoms with Gasteiger partial charge in [-0.1, -0.05) is 60.7 Å². The predicted molar refractivity (Wildman–Crippen MR) is 92.6 cm³/mol. The molecule has 3 heteroatoms.